The van der Waals surface area contributed by atoms with Gasteiger partial charge >= 0.3 is 0 Å². The van der Waals surface area contributed by atoms with Gasteiger partial charge in [-0.25, -0.2) is 4.39 Å². The van der Waals surface area contributed by atoms with Gasteiger partial charge in [-0.15, -0.1) is 0 Å². The smallest absolute Gasteiger partial charge is 0.123 e. The van der Waals surface area contributed by atoms with Gasteiger partial charge in [0.1, 0.15) is 5.82 Å². The zero-order valence-electron chi connectivity index (χ0n) is 19.6. The molecule has 34 heavy (non-hydrogen) atoms. The van der Waals surface area contributed by atoms with E-state index in [1.807, 2.05) is 18.3 Å². The number of anilines is 1. The van der Waals surface area contributed by atoms with Gasteiger partial charge in [0.05, 0.1) is 11.2 Å². The molecule has 0 spiro atoms. The molecule has 0 N–H and O–H groups in total. The van der Waals surface area contributed by atoms with Gasteiger partial charge in [-0.3, -0.25) is 9.88 Å². The summed E-state index contributed by atoms with van der Waals surface area (Å²) in [4.78, 5) is 9.86. The molecule has 2 aliphatic rings. The highest BCUT2D eigenvalue weighted by atomic mass is 79.9. The van der Waals surface area contributed by atoms with E-state index >= 15 is 0 Å². The highest BCUT2D eigenvalue weighted by Gasteiger charge is 2.30. The molecule has 2 aromatic carbocycles. The molecule has 1 saturated carbocycles. The number of aryl methyl sites for hydroxylation is 1. The number of hydrogen-bond donors (Lipinski definition) is 0. The molecule has 1 saturated heterocycles. The Morgan fingerprint density at radius 2 is 1.76 bits per heavy atom. The van der Waals surface area contributed by atoms with E-state index in [2.05, 4.69) is 66.7 Å². The molecule has 0 unspecified atom stereocenters. The summed E-state index contributed by atoms with van der Waals surface area (Å²) >= 11 is 3.68. The predicted octanol–water partition coefficient (Wildman–Crippen LogP) is 6.48. The molecule has 1 aliphatic carbocycles. The molecule has 4 aromatic rings. The second-order valence-electron chi connectivity index (χ2n) is 9.89. The minimum atomic E-state index is -0.139. The second kappa shape index (κ2) is 8.97. The molecule has 1 aliphatic heterocycles. The van der Waals surface area contributed by atoms with Crippen molar-refractivity contribution >= 4 is 43.4 Å². The summed E-state index contributed by atoms with van der Waals surface area (Å²) in [6, 6.07) is 14.3. The maximum Gasteiger partial charge on any atom is 0.123 e. The molecule has 0 amide bonds. The Kier molecular flexibility index (Phi) is 5.82. The van der Waals surface area contributed by atoms with Crippen molar-refractivity contribution in [3.8, 4) is 0 Å². The summed E-state index contributed by atoms with van der Waals surface area (Å²) in [5.41, 5.74) is 4.78. The van der Waals surface area contributed by atoms with Crippen molar-refractivity contribution in [3.63, 3.8) is 0 Å². The van der Waals surface area contributed by atoms with Crippen molar-refractivity contribution in [1.29, 1.82) is 0 Å². The predicted molar refractivity (Wildman–Crippen MR) is 141 cm³/mol. The largest absolute Gasteiger partial charge is 0.367 e. The number of rotatable bonds is 3. The Balaban J connectivity index is 1.11. The molecule has 4 nitrogen and oxygen atoms in total. The third-order valence-corrected chi connectivity index (χ3v) is 8.40. The van der Waals surface area contributed by atoms with E-state index < -0.39 is 0 Å². The van der Waals surface area contributed by atoms with Crippen LogP contribution in [0.4, 0.5) is 10.1 Å². The topological polar surface area (TPSA) is 24.3 Å². The van der Waals surface area contributed by atoms with Gasteiger partial charge in [-0.1, -0.05) is 22.0 Å². The van der Waals surface area contributed by atoms with E-state index in [9.17, 15) is 4.39 Å². The number of aromatic nitrogens is 2. The summed E-state index contributed by atoms with van der Waals surface area (Å²) < 4.78 is 17.2. The Morgan fingerprint density at radius 3 is 2.56 bits per heavy atom. The summed E-state index contributed by atoms with van der Waals surface area (Å²) in [5, 5.41) is 2.27. The molecule has 3 heterocycles. The Labute approximate surface area is 208 Å². The van der Waals surface area contributed by atoms with Crippen molar-refractivity contribution in [2.45, 2.75) is 37.6 Å². The molecule has 2 fully saturated rings. The molecule has 6 heteroatoms. The number of benzene rings is 2. The fraction of sp³-hybridized carbons (Fsp3) is 0.393. The summed E-state index contributed by atoms with van der Waals surface area (Å²) in [7, 11) is 2.07. The zero-order chi connectivity index (χ0) is 23.2. The van der Waals surface area contributed by atoms with Gasteiger partial charge in [0.25, 0.3) is 0 Å². The van der Waals surface area contributed by atoms with Crippen molar-refractivity contribution in [1.82, 2.24) is 14.5 Å². The fourth-order valence-electron chi connectivity index (χ4n) is 6.18. The molecular formula is C28H30BrFN4. The van der Waals surface area contributed by atoms with Crippen LogP contribution in [0.25, 0.3) is 21.8 Å². The fourth-order valence-corrected chi connectivity index (χ4v) is 6.64. The first kappa shape index (κ1) is 22.1. The van der Waals surface area contributed by atoms with Crippen LogP contribution in [0.2, 0.25) is 0 Å². The maximum absolute atomic E-state index is 13.9. The third-order valence-electron chi connectivity index (χ3n) is 7.94. The van der Waals surface area contributed by atoms with Gasteiger partial charge < -0.3 is 9.47 Å². The van der Waals surface area contributed by atoms with Crippen LogP contribution in [0.3, 0.4) is 0 Å². The lowest BCUT2D eigenvalue weighted by Gasteiger charge is -2.42. The number of piperazine rings is 1. The van der Waals surface area contributed by atoms with Crippen LogP contribution < -0.4 is 4.90 Å². The maximum atomic E-state index is 13.9. The molecule has 176 valence electrons. The van der Waals surface area contributed by atoms with Gasteiger partial charge in [0, 0.05) is 72.4 Å². The average Bonchev–Trinajstić information content (AvgIpc) is 3.19. The SMILES string of the molecule is Cn1cc([C@H]2CC[C@H](N3CCN(c4cc(Br)cc5cccnc45)CC3)CC2)c2cc(F)ccc21. The number of halogens is 2. The van der Waals surface area contributed by atoms with Gasteiger partial charge in [0.2, 0.25) is 0 Å². The average molecular weight is 521 g/mol. The number of nitrogens with zero attached hydrogens (tertiary/aromatic N) is 4. The minimum Gasteiger partial charge on any atom is -0.367 e. The minimum absolute atomic E-state index is 0.139. The van der Waals surface area contributed by atoms with Crippen LogP contribution in [-0.2, 0) is 7.05 Å². The summed E-state index contributed by atoms with van der Waals surface area (Å²) in [5.74, 6) is 0.391. The van der Waals surface area contributed by atoms with Crippen molar-refractivity contribution < 1.29 is 4.39 Å². The number of hydrogen-bond acceptors (Lipinski definition) is 3. The first-order valence-electron chi connectivity index (χ1n) is 12.3. The highest BCUT2D eigenvalue weighted by molar-refractivity contribution is 9.10. The van der Waals surface area contributed by atoms with Crippen LogP contribution in [0.5, 0.6) is 0 Å². The molecular weight excluding hydrogens is 491 g/mol. The Bertz CT molecular complexity index is 1330. The Hall–Kier alpha value is -2.44. The van der Waals surface area contributed by atoms with E-state index in [0.29, 0.717) is 12.0 Å². The van der Waals surface area contributed by atoms with Crippen LogP contribution >= 0.6 is 15.9 Å². The summed E-state index contributed by atoms with van der Waals surface area (Å²) in [6.07, 6.45) is 8.92. The van der Waals surface area contributed by atoms with E-state index in [-0.39, 0.29) is 5.82 Å². The molecule has 0 bridgehead atoms. The monoisotopic (exact) mass is 520 g/mol. The standard InChI is InChI=1S/C28H30BrFN4/c1-32-18-25(24-17-22(30)6-9-26(24)32)19-4-7-23(8-5-19)33-11-13-34(14-12-33)27-16-21(29)15-20-3-2-10-31-28(20)27/h2-3,6,9-10,15-19,23H,4-5,7-8,11-14H2,1H3/t19-,23-. The molecule has 0 atom stereocenters. The first-order chi connectivity index (χ1) is 16.6. The van der Waals surface area contributed by atoms with Gasteiger partial charge in [-0.05, 0) is 73.6 Å². The molecule has 2 aromatic heterocycles. The van der Waals surface area contributed by atoms with Crippen LogP contribution in [0.1, 0.15) is 37.2 Å². The van der Waals surface area contributed by atoms with Crippen LogP contribution in [0.15, 0.2) is 59.3 Å². The summed E-state index contributed by atoms with van der Waals surface area (Å²) in [6.45, 7) is 4.25. The lowest BCUT2D eigenvalue weighted by molar-refractivity contribution is 0.141. The molecule has 0 radical (unpaired) electrons. The first-order valence-corrected chi connectivity index (χ1v) is 13.1. The van der Waals surface area contributed by atoms with E-state index in [1.54, 1.807) is 12.1 Å². The van der Waals surface area contributed by atoms with Crippen molar-refractivity contribution in [3.05, 3.63) is 70.7 Å². The number of fused-ring (bicyclic) bond motifs is 2. The van der Waals surface area contributed by atoms with Gasteiger partial charge in [-0.2, -0.15) is 0 Å². The highest BCUT2D eigenvalue weighted by Crippen LogP contribution is 2.39. The normalized spacial score (nSPS) is 22.0. The van der Waals surface area contributed by atoms with E-state index in [0.717, 1.165) is 47.1 Å². The number of pyridine rings is 1. The second-order valence-corrected chi connectivity index (χ2v) is 10.8. The van der Waals surface area contributed by atoms with Gasteiger partial charge in [0.15, 0.2) is 0 Å². The molecule has 6 rings (SSSR count). The lowest BCUT2D eigenvalue weighted by atomic mass is 9.81. The van der Waals surface area contributed by atoms with Crippen LogP contribution in [-0.4, -0.2) is 46.7 Å². The van der Waals surface area contributed by atoms with E-state index in [4.69, 9.17) is 0 Å². The zero-order valence-corrected chi connectivity index (χ0v) is 21.1. The Morgan fingerprint density at radius 1 is 0.971 bits per heavy atom. The van der Waals surface area contributed by atoms with Crippen molar-refractivity contribution in [2.75, 3.05) is 31.1 Å². The third kappa shape index (κ3) is 4.01. The lowest BCUT2D eigenvalue weighted by Crippen LogP contribution is -2.51. The quantitative estimate of drug-likeness (QED) is 0.309. The van der Waals surface area contributed by atoms with Crippen molar-refractivity contribution in [2.24, 2.45) is 7.05 Å². The van der Waals surface area contributed by atoms with Crippen LogP contribution in [0, 0.1) is 5.82 Å². The van der Waals surface area contributed by atoms with E-state index in [1.165, 1.54) is 42.3 Å².